The standard InChI is InChI=1S/C14H19BrN2O2/c1-9-3-4-13(11(15)7-9)17-10(2)8-16-12(5-6-18)14(17)19/h3-4,7,10,12,16,18H,5-6,8H2,1-2H3. The highest BCUT2D eigenvalue weighted by Crippen LogP contribution is 2.30. The molecular formula is C14H19BrN2O2. The summed E-state index contributed by atoms with van der Waals surface area (Å²) in [7, 11) is 0. The number of hydrogen-bond acceptors (Lipinski definition) is 3. The predicted octanol–water partition coefficient (Wildman–Crippen LogP) is 1.83. The van der Waals surface area contributed by atoms with Gasteiger partial charge in [0.2, 0.25) is 5.91 Å². The fourth-order valence-corrected chi connectivity index (χ4v) is 3.08. The molecule has 1 aromatic rings. The van der Waals surface area contributed by atoms with Crippen molar-refractivity contribution in [3.8, 4) is 0 Å². The first-order valence-electron chi connectivity index (χ1n) is 6.48. The average molecular weight is 327 g/mol. The molecule has 1 fully saturated rings. The Morgan fingerprint density at radius 2 is 2.26 bits per heavy atom. The lowest BCUT2D eigenvalue weighted by molar-refractivity contribution is -0.122. The first kappa shape index (κ1) is 14.5. The van der Waals surface area contributed by atoms with Crippen LogP contribution in [0.3, 0.4) is 0 Å². The Labute approximate surface area is 121 Å². The number of carbonyl (C=O) groups excluding carboxylic acids is 1. The predicted molar refractivity (Wildman–Crippen MR) is 79.3 cm³/mol. The van der Waals surface area contributed by atoms with Crippen molar-refractivity contribution in [1.29, 1.82) is 0 Å². The molecule has 5 heteroatoms. The summed E-state index contributed by atoms with van der Waals surface area (Å²) in [5.41, 5.74) is 2.05. The van der Waals surface area contributed by atoms with E-state index in [1.807, 2.05) is 36.9 Å². The summed E-state index contributed by atoms with van der Waals surface area (Å²) in [5.74, 6) is 0.0253. The Bertz CT molecular complexity index is 479. The molecule has 0 aromatic heterocycles. The molecule has 1 heterocycles. The number of aliphatic hydroxyl groups excluding tert-OH is 1. The number of carbonyl (C=O) groups is 1. The number of halogens is 1. The summed E-state index contributed by atoms with van der Waals surface area (Å²) in [6.07, 6.45) is 0.450. The highest BCUT2D eigenvalue weighted by Gasteiger charge is 2.34. The first-order valence-corrected chi connectivity index (χ1v) is 7.27. The number of rotatable bonds is 3. The third-order valence-electron chi connectivity index (χ3n) is 3.42. The fourth-order valence-electron chi connectivity index (χ4n) is 2.39. The van der Waals surface area contributed by atoms with Crippen molar-refractivity contribution in [2.24, 2.45) is 0 Å². The largest absolute Gasteiger partial charge is 0.396 e. The molecule has 1 aromatic carbocycles. The van der Waals surface area contributed by atoms with Gasteiger partial charge in [-0.3, -0.25) is 4.79 Å². The number of aliphatic hydroxyl groups is 1. The number of aryl methyl sites for hydroxylation is 1. The van der Waals surface area contributed by atoms with Gasteiger partial charge < -0.3 is 15.3 Å². The second-order valence-corrected chi connectivity index (χ2v) is 5.84. The lowest BCUT2D eigenvalue weighted by Gasteiger charge is -2.38. The smallest absolute Gasteiger partial charge is 0.244 e. The van der Waals surface area contributed by atoms with Crippen molar-refractivity contribution in [3.05, 3.63) is 28.2 Å². The number of benzene rings is 1. The van der Waals surface area contributed by atoms with Gasteiger partial charge in [-0.05, 0) is 53.9 Å². The zero-order valence-corrected chi connectivity index (χ0v) is 12.8. The number of amides is 1. The molecule has 1 saturated heterocycles. The number of nitrogens with zero attached hydrogens (tertiary/aromatic N) is 1. The van der Waals surface area contributed by atoms with Crippen LogP contribution in [0.1, 0.15) is 18.9 Å². The molecule has 1 amide bonds. The first-order chi connectivity index (χ1) is 9.04. The van der Waals surface area contributed by atoms with Gasteiger partial charge >= 0.3 is 0 Å². The Hall–Kier alpha value is -0.910. The van der Waals surface area contributed by atoms with Gasteiger partial charge in [0, 0.05) is 23.7 Å². The zero-order chi connectivity index (χ0) is 14.0. The van der Waals surface area contributed by atoms with E-state index in [-0.39, 0.29) is 24.6 Å². The van der Waals surface area contributed by atoms with Crippen molar-refractivity contribution in [3.63, 3.8) is 0 Å². The SMILES string of the molecule is Cc1ccc(N2C(=O)C(CCO)NCC2C)c(Br)c1. The maximum Gasteiger partial charge on any atom is 0.244 e. The van der Waals surface area contributed by atoms with Gasteiger partial charge in [-0.2, -0.15) is 0 Å². The monoisotopic (exact) mass is 326 g/mol. The van der Waals surface area contributed by atoms with Crippen LogP contribution < -0.4 is 10.2 Å². The van der Waals surface area contributed by atoms with Crippen LogP contribution in [0.4, 0.5) is 5.69 Å². The van der Waals surface area contributed by atoms with Crippen molar-refractivity contribution in [1.82, 2.24) is 5.32 Å². The Morgan fingerprint density at radius 3 is 2.89 bits per heavy atom. The van der Waals surface area contributed by atoms with Gasteiger partial charge in [0.25, 0.3) is 0 Å². The minimum absolute atomic E-state index is 0.0146. The molecule has 0 spiro atoms. The van der Waals surface area contributed by atoms with Crippen LogP contribution >= 0.6 is 15.9 Å². The second kappa shape index (κ2) is 6.03. The van der Waals surface area contributed by atoms with Crippen LogP contribution in [-0.4, -0.2) is 36.2 Å². The van der Waals surface area contributed by atoms with E-state index in [0.29, 0.717) is 6.42 Å². The maximum atomic E-state index is 12.5. The third-order valence-corrected chi connectivity index (χ3v) is 4.05. The second-order valence-electron chi connectivity index (χ2n) is 4.99. The van der Waals surface area contributed by atoms with E-state index >= 15 is 0 Å². The zero-order valence-electron chi connectivity index (χ0n) is 11.2. The van der Waals surface area contributed by atoms with Crippen LogP contribution in [0.5, 0.6) is 0 Å². The minimum Gasteiger partial charge on any atom is -0.396 e. The van der Waals surface area contributed by atoms with Gasteiger partial charge in [0.15, 0.2) is 0 Å². The van der Waals surface area contributed by atoms with Gasteiger partial charge in [0.1, 0.15) is 0 Å². The summed E-state index contributed by atoms with van der Waals surface area (Å²) < 4.78 is 0.928. The van der Waals surface area contributed by atoms with Crippen molar-refractivity contribution in [2.45, 2.75) is 32.4 Å². The van der Waals surface area contributed by atoms with Crippen molar-refractivity contribution < 1.29 is 9.90 Å². The quantitative estimate of drug-likeness (QED) is 0.891. The van der Waals surface area contributed by atoms with Gasteiger partial charge in [-0.1, -0.05) is 6.07 Å². The maximum absolute atomic E-state index is 12.5. The molecular weight excluding hydrogens is 308 g/mol. The summed E-state index contributed by atoms with van der Waals surface area (Å²) in [4.78, 5) is 14.3. The molecule has 2 atom stereocenters. The van der Waals surface area contributed by atoms with Crippen LogP contribution in [-0.2, 0) is 4.79 Å². The Balaban J connectivity index is 2.32. The van der Waals surface area contributed by atoms with Crippen molar-refractivity contribution in [2.75, 3.05) is 18.1 Å². The summed E-state index contributed by atoms with van der Waals surface area (Å²) in [5, 5.41) is 12.2. The summed E-state index contributed by atoms with van der Waals surface area (Å²) in [6.45, 7) is 4.79. The number of nitrogens with one attached hydrogen (secondary N) is 1. The average Bonchev–Trinajstić information content (AvgIpc) is 2.35. The normalized spacial score (nSPS) is 23.8. The van der Waals surface area contributed by atoms with Crippen LogP contribution in [0.15, 0.2) is 22.7 Å². The lowest BCUT2D eigenvalue weighted by atomic mass is 10.0. The molecule has 0 saturated carbocycles. The van der Waals surface area contributed by atoms with Crippen LogP contribution in [0.25, 0.3) is 0 Å². The third kappa shape index (κ3) is 2.99. The Kier molecular flexibility index (Phi) is 4.60. The molecule has 1 aliphatic heterocycles. The highest BCUT2D eigenvalue weighted by atomic mass is 79.9. The van der Waals surface area contributed by atoms with E-state index in [9.17, 15) is 4.79 Å². The van der Waals surface area contributed by atoms with E-state index in [4.69, 9.17) is 5.11 Å². The van der Waals surface area contributed by atoms with Gasteiger partial charge in [0.05, 0.1) is 11.7 Å². The van der Waals surface area contributed by atoms with E-state index < -0.39 is 0 Å². The van der Waals surface area contributed by atoms with Crippen LogP contribution in [0, 0.1) is 6.92 Å². The molecule has 104 valence electrons. The fraction of sp³-hybridized carbons (Fsp3) is 0.500. The molecule has 2 N–H and O–H groups in total. The van der Waals surface area contributed by atoms with E-state index in [1.54, 1.807) is 0 Å². The lowest BCUT2D eigenvalue weighted by Crippen LogP contribution is -2.59. The molecule has 2 unspecified atom stereocenters. The molecule has 0 bridgehead atoms. The molecule has 0 radical (unpaired) electrons. The molecule has 19 heavy (non-hydrogen) atoms. The molecule has 0 aliphatic carbocycles. The van der Waals surface area contributed by atoms with Crippen LogP contribution in [0.2, 0.25) is 0 Å². The summed E-state index contributed by atoms with van der Waals surface area (Å²) >= 11 is 3.53. The number of anilines is 1. The molecule has 1 aliphatic rings. The number of hydrogen-bond donors (Lipinski definition) is 2. The Morgan fingerprint density at radius 1 is 1.53 bits per heavy atom. The minimum atomic E-state index is -0.297. The van der Waals surface area contributed by atoms with E-state index in [1.165, 1.54) is 0 Å². The molecule has 2 rings (SSSR count). The highest BCUT2D eigenvalue weighted by molar-refractivity contribution is 9.10. The number of piperazine rings is 1. The molecule has 4 nitrogen and oxygen atoms in total. The van der Waals surface area contributed by atoms with E-state index in [0.717, 1.165) is 22.3 Å². The van der Waals surface area contributed by atoms with Gasteiger partial charge in [-0.25, -0.2) is 0 Å². The summed E-state index contributed by atoms with van der Waals surface area (Å²) in [6, 6.07) is 5.78. The topological polar surface area (TPSA) is 52.6 Å². The van der Waals surface area contributed by atoms with Gasteiger partial charge in [-0.15, -0.1) is 0 Å². The van der Waals surface area contributed by atoms with Crippen molar-refractivity contribution >= 4 is 27.5 Å². The van der Waals surface area contributed by atoms with E-state index in [2.05, 4.69) is 21.2 Å².